The molecule has 4 rings (SSSR count). The van der Waals surface area contributed by atoms with E-state index < -0.39 is 6.04 Å². The average molecular weight is 392 g/mol. The van der Waals surface area contributed by atoms with E-state index in [-0.39, 0.29) is 17.1 Å². The van der Waals surface area contributed by atoms with Gasteiger partial charge in [0.1, 0.15) is 11.3 Å². The second-order valence-corrected chi connectivity index (χ2v) is 7.50. The molecule has 1 amide bonds. The number of hydrogen-bond donors (Lipinski definition) is 0. The van der Waals surface area contributed by atoms with Crippen molar-refractivity contribution < 1.29 is 13.9 Å². The molecule has 1 aliphatic heterocycles. The first-order valence-corrected chi connectivity index (χ1v) is 9.66. The number of ether oxygens (including phenoxy) is 1. The summed E-state index contributed by atoms with van der Waals surface area (Å²) in [6.07, 6.45) is 0.803. The fourth-order valence-electron chi connectivity index (χ4n) is 3.90. The highest BCUT2D eigenvalue weighted by atomic mass is 16.5. The summed E-state index contributed by atoms with van der Waals surface area (Å²) in [4.78, 5) is 30.5. The van der Waals surface area contributed by atoms with Gasteiger partial charge in [0, 0.05) is 12.6 Å². The maximum Gasteiger partial charge on any atom is 0.290 e. The van der Waals surface area contributed by atoms with Gasteiger partial charge in [-0.2, -0.15) is 0 Å². The van der Waals surface area contributed by atoms with Crippen LogP contribution in [0, 0.1) is 0 Å². The zero-order valence-electron chi connectivity index (χ0n) is 16.8. The summed E-state index contributed by atoms with van der Waals surface area (Å²) in [6.45, 7) is 1.39. The maximum atomic E-state index is 13.4. The van der Waals surface area contributed by atoms with Crippen LogP contribution in [0.15, 0.2) is 57.7 Å². The molecule has 2 heterocycles. The zero-order chi connectivity index (χ0) is 20.5. The highest BCUT2D eigenvalue weighted by Crippen LogP contribution is 2.38. The van der Waals surface area contributed by atoms with Gasteiger partial charge in [-0.15, -0.1) is 0 Å². The molecule has 0 N–H and O–H groups in total. The third-order valence-electron chi connectivity index (χ3n) is 5.29. The number of carbonyl (C=O) groups excluding carboxylic acids is 1. The minimum atomic E-state index is -0.441. The first-order chi connectivity index (χ1) is 14.0. The van der Waals surface area contributed by atoms with Gasteiger partial charge in [-0.1, -0.05) is 30.3 Å². The van der Waals surface area contributed by atoms with Crippen molar-refractivity contribution in [3.8, 4) is 5.75 Å². The molecule has 1 aromatic heterocycles. The second kappa shape index (κ2) is 7.72. The van der Waals surface area contributed by atoms with E-state index >= 15 is 0 Å². The fraction of sp³-hybridized carbons (Fsp3) is 0.304. The van der Waals surface area contributed by atoms with E-state index in [0.29, 0.717) is 28.8 Å². The molecular formula is C23H24N2O4. The highest BCUT2D eigenvalue weighted by molar-refractivity contribution is 5.99. The lowest BCUT2D eigenvalue weighted by Crippen LogP contribution is -2.32. The zero-order valence-corrected chi connectivity index (χ0v) is 16.8. The van der Waals surface area contributed by atoms with Crippen LogP contribution in [0.25, 0.3) is 11.0 Å². The van der Waals surface area contributed by atoms with Crippen molar-refractivity contribution in [1.29, 1.82) is 0 Å². The van der Waals surface area contributed by atoms with E-state index in [0.717, 1.165) is 18.5 Å². The largest absolute Gasteiger partial charge is 0.497 e. The van der Waals surface area contributed by atoms with Crippen molar-refractivity contribution in [2.75, 3.05) is 34.3 Å². The van der Waals surface area contributed by atoms with Crippen molar-refractivity contribution in [3.63, 3.8) is 0 Å². The topological polar surface area (TPSA) is 63.0 Å². The van der Waals surface area contributed by atoms with Gasteiger partial charge < -0.3 is 19.0 Å². The predicted molar refractivity (Wildman–Crippen MR) is 112 cm³/mol. The molecular weight excluding hydrogens is 368 g/mol. The summed E-state index contributed by atoms with van der Waals surface area (Å²) in [5.74, 6) is 0.470. The maximum absolute atomic E-state index is 13.4. The van der Waals surface area contributed by atoms with Gasteiger partial charge in [0.15, 0.2) is 5.43 Å². The monoisotopic (exact) mass is 392 g/mol. The number of rotatable bonds is 6. The van der Waals surface area contributed by atoms with Crippen molar-refractivity contribution in [2.24, 2.45) is 0 Å². The lowest BCUT2D eigenvalue weighted by molar-refractivity contribution is 0.0722. The summed E-state index contributed by atoms with van der Waals surface area (Å²) in [6, 6.07) is 14.3. The Morgan fingerprint density at radius 1 is 1.10 bits per heavy atom. The summed E-state index contributed by atoms with van der Waals surface area (Å²) in [7, 11) is 5.55. The van der Waals surface area contributed by atoms with Gasteiger partial charge in [-0.3, -0.25) is 9.59 Å². The molecule has 0 bridgehead atoms. The van der Waals surface area contributed by atoms with Crippen molar-refractivity contribution in [3.05, 3.63) is 75.6 Å². The van der Waals surface area contributed by atoms with Gasteiger partial charge in [0.2, 0.25) is 5.76 Å². The first-order valence-electron chi connectivity index (χ1n) is 9.66. The fourth-order valence-corrected chi connectivity index (χ4v) is 3.90. The smallest absolute Gasteiger partial charge is 0.290 e. The Morgan fingerprint density at radius 3 is 2.55 bits per heavy atom. The van der Waals surface area contributed by atoms with Gasteiger partial charge in [0.25, 0.3) is 5.91 Å². The molecule has 150 valence electrons. The van der Waals surface area contributed by atoms with E-state index in [4.69, 9.17) is 9.15 Å². The van der Waals surface area contributed by atoms with E-state index in [1.165, 1.54) is 0 Å². The lowest BCUT2D eigenvalue weighted by atomic mass is 9.98. The van der Waals surface area contributed by atoms with Crippen molar-refractivity contribution in [1.82, 2.24) is 9.80 Å². The molecule has 0 unspecified atom stereocenters. The third kappa shape index (κ3) is 3.40. The van der Waals surface area contributed by atoms with Gasteiger partial charge in [0.05, 0.1) is 24.1 Å². The third-order valence-corrected chi connectivity index (χ3v) is 5.29. The molecule has 0 fully saturated rings. The van der Waals surface area contributed by atoms with Crippen LogP contribution in [0.5, 0.6) is 5.75 Å². The number of fused-ring (bicyclic) bond motifs is 2. The van der Waals surface area contributed by atoms with Crippen LogP contribution in [-0.4, -0.2) is 50.0 Å². The Kier molecular flexibility index (Phi) is 5.11. The predicted octanol–water partition coefficient (Wildman–Crippen LogP) is 3.30. The number of hydrogen-bond acceptors (Lipinski definition) is 5. The molecule has 0 aliphatic carbocycles. The van der Waals surface area contributed by atoms with Crippen LogP contribution in [0.4, 0.5) is 0 Å². The van der Waals surface area contributed by atoms with Gasteiger partial charge in [-0.05, 0) is 44.8 Å². The van der Waals surface area contributed by atoms with Crippen LogP contribution in [0.3, 0.4) is 0 Å². The summed E-state index contributed by atoms with van der Waals surface area (Å²) >= 11 is 0. The molecule has 1 atom stereocenters. The van der Waals surface area contributed by atoms with Crippen molar-refractivity contribution in [2.45, 2.75) is 12.5 Å². The number of carbonyl (C=O) groups is 1. The van der Waals surface area contributed by atoms with E-state index in [9.17, 15) is 9.59 Å². The Balaban J connectivity index is 1.87. The Morgan fingerprint density at radius 2 is 1.86 bits per heavy atom. The molecule has 0 spiro atoms. The molecule has 2 aromatic carbocycles. The van der Waals surface area contributed by atoms with Crippen LogP contribution in [0.1, 0.15) is 34.1 Å². The number of methoxy groups -OCH3 is 1. The van der Waals surface area contributed by atoms with Crippen LogP contribution < -0.4 is 10.2 Å². The van der Waals surface area contributed by atoms with Crippen LogP contribution in [0.2, 0.25) is 0 Å². The molecule has 3 aromatic rings. The normalized spacial score (nSPS) is 15.9. The van der Waals surface area contributed by atoms with Crippen LogP contribution >= 0.6 is 0 Å². The molecule has 29 heavy (non-hydrogen) atoms. The summed E-state index contributed by atoms with van der Waals surface area (Å²) in [5, 5.41) is 0.452. The van der Waals surface area contributed by atoms with E-state index in [1.807, 2.05) is 44.4 Å². The summed E-state index contributed by atoms with van der Waals surface area (Å²) < 4.78 is 11.2. The minimum absolute atomic E-state index is 0.134. The number of amides is 1. The molecule has 0 saturated heterocycles. The first kappa shape index (κ1) is 19.2. The molecule has 6 nitrogen and oxygen atoms in total. The SMILES string of the molecule is COc1ccc2c(=O)c3c(oc2c1)C(=O)N(CCCN(C)C)[C@H]3c1ccccc1. The Labute approximate surface area is 169 Å². The average Bonchev–Trinajstić information content (AvgIpc) is 3.00. The minimum Gasteiger partial charge on any atom is -0.497 e. The molecule has 0 radical (unpaired) electrons. The van der Waals surface area contributed by atoms with Crippen LogP contribution in [-0.2, 0) is 0 Å². The van der Waals surface area contributed by atoms with E-state index in [2.05, 4.69) is 4.90 Å². The quantitative estimate of drug-likeness (QED) is 0.644. The summed E-state index contributed by atoms with van der Waals surface area (Å²) in [5.41, 5.74) is 1.53. The van der Waals surface area contributed by atoms with Crippen molar-refractivity contribution >= 4 is 16.9 Å². The Bertz CT molecular complexity index is 1110. The second-order valence-electron chi connectivity index (χ2n) is 7.50. The Hall–Kier alpha value is -3.12. The van der Waals surface area contributed by atoms with Gasteiger partial charge in [-0.25, -0.2) is 0 Å². The van der Waals surface area contributed by atoms with Gasteiger partial charge >= 0.3 is 0 Å². The highest BCUT2D eigenvalue weighted by Gasteiger charge is 2.42. The lowest BCUT2D eigenvalue weighted by Gasteiger charge is -2.25. The molecule has 6 heteroatoms. The number of benzene rings is 2. The molecule has 0 saturated carbocycles. The number of nitrogens with zero attached hydrogens (tertiary/aromatic N) is 2. The molecule has 1 aliphatic rings. The standard InChI is InChI=1S/C23H24N2O4/c1-24(2)12-7-13-25-20(15-8-5-4-6-9-15)19-21(26)17-11-10-16(28-3)14-18(17)29-22(19)23(25)27/h4-6,8-11,14,20H,7,12-13H2,1-3H3/t20-/m0/s1. The van der Waals surface area contributed by atoms with E-state index in [1.54, 1.807) is 30.2 Å².